The number of carbonyl (C=O) groups excluding carboxylic acids is 1. The molecule has 0 saturated carbocycles. The van der Waals surface area contributed by atoms with Crippen LogP contribution in [0.2, 0.25) is 0 Å². The van der Waals surface area contributed by atoms with E-state index in [1.165, 1.54) is 26.3 Å². The van der Waals surface area contributed by atoms with E-state index in [2.05, 4.69) is 45.9 Å². The van der Waals surface area contributed by atoms with Gasteiger partial charge in [0, 0.05) is 28.6 Å². The third kappa shape index (κ3) is 3.49. The number of aliphatic hydroxyl groups is 1. The lowest BCUT2D eigenvalue weighted by atomic mass is 9.97. The number of nitrogens with one attached hydrogen (secondary N) is 2. The van der Waals surface area contributed by atoms with Crippen LogP contribution in [0.5, 0.6) is 0 Å². The molecule has 1 amide bonds. The van der Waals surface area contributed by atoms with Gasteiger partial charge in [-0.2, -0.15) is 0 Å². The SMILES string of the molecule is O=C(Nc1ccc(C(O)N2CC(c3cc4ccccc4s3)C2)s1)[C@@H]1CCCN1. The first-order valence-electron chi connectivity index (χ1n) is 9.72. The Kier molecular flexibility index (Phi) is 4.94. The number of nitrogens with zero attached hydrogens (tertiary/aromatic N) is 1. The zero-order valence-electron chi connectivity index (χ0n) is 15.4. The average molecular weight is 414 g/mol. The van der Waals surface area contributed by atoms with E-state index in [9.17, 15) is 9.90 Å². The van der Waals surface area contributed by atoms with Crippen molar-refractivity contribution in [3.63, 3.8) is 0 Å². The summed E-state index contributed by atoms with van der Waals surface area (Å²) in [6, 6.07) is 14.5. The van der Waals surface area contributed by atoms with Gasteiger partial charge in [0.25, 0.3) is 0 Å². The molecule has 2 saturated heterocycles. The van der Waals surface area contributed by atoms with E-state index >= 15 is 0 Å². The Labute approximate surface area is 172 Å². The lowest BCUT2D eigenvalue weighted by Crippen LogP contribution is -2.46. The molecule has 7 heteroatoms. The predicted molar refractivity (Wildman–Crippen MR) is 115 cm³/mol. The van der Waals surface area contributed by atoms with Gasteiger partial charge in [0.1, 0.15) is 6.23 Å². The minimum Gasteiger partial charge on any atom is -0.373 e. The maximum absolute atomic E-state index is 12.2. The first-order valence-corrected chi connectivity index (χ1v) is 11.4. The number of fused-ring (bicyclic) bond motifs is 1. The number of rotatable bonds is 5. The third-order valence-electron chi connectivity index (χ3n) is 5.61. The van der Waals surface area contributed by atoms with Gasteiger partial charge in [0.2, 0.25) is 5.91 Å². The lowest BCUT2D eigenvalue weighted by molar-refractivity contribution is -0.117. The number of anilines is 1. The van der Waals surface area contributed by atoms with Crippen molar-refractivity contribution in [3.8, 4) is 0 Å². The van der Waals surface area contributed by atoms with Gasteiger partial charge in [-0.15, -0.1) is 22.7 Å². The van der Waals surface area contributed by atoms with Gasteiger partial charge < -0.3 is 15.7 Å². The average Bonchev–Trinajstić information content (AvgIpc) is 3.40. The van der Waals surface area contributed by atoms with Crippen molar-refractivity contribution in [1.82, 2.24) is 10.2 Å². The van der Waals surface area contributed by atoms with Crippen molar-refractivity contribution < 1.29 is 9.90 Å². The predicted octanol–water partition coefficient (Wildman–Crippen LogP) is 3.74. The number of amides is 1. The second-order valence-corrected chi connectivity index (χ2v) is 9.78. The zero-order chi connectivity index (χ0) is 19.1. The molecule has 0 bridgehead atoms. The molecule has 0 radical (unpaired) electrons. The van der Waals surface area contributed by atoms with E-state index in [1.54, 1.807) is 0 Å². The van der Waals surface area contributed by atoms with Crippen LogP contribution in [-0.2, 0) is 4.79 Å². The van der Waals surface area contributed by atoms with Crippen LogP contribution in [0.4, 0.5) is 5.00 Å². The maximum Gasteiger partial charge on any atom is 0.242 e. The molecule has 1 unspecified atom stereocenters. The van der Waals surface area contributed by atoms with Crippen molar-refractivity contribution >= 4 is 43.7 Å². The first-order chi connectivity index (χ1) is 13.7. The van der Waals surface area contributed by atoms with Crippen molar-refractivity contribution in [2.45, 2.75) is 31.0 Å². The summed E-state index contributed by atoms with van der Waals surface area (Å²) >= 11 is 3.31. The van der Waals surface area contributed by atoms with Crippen molar-refractivity contribution in [3.05, 3.63) is 52.2 Å². The van der Waals surface area contributed by atoms with E-state index in [0.29, 0.717) is 5.92 Å². The molecule has 0 spiro atoms. The van der Waals surface area contributed by atoms with Gasteiger partial charge in [-0.25, -0.2) is 0 Å². The molecule has 3 aromatic rings. The molecule has 1 aromatic carbocycles. The second kappa shape index (κ2) is 7.57. The van der Waals surface area contributed by atoms with Gasteiger partial charge in [-0.3, -0.25) is 9.69 Å². The van der Waals surface area contributed by atoms with Gasteiger partial charge in [-0.05, 0) is 49.0 Å². The lowest BCUT2D eigenvalue weighted by Gasteiger charge is -2.41. The Morgan fingerprint density at radius 1 is 1.21 bits per heavy atom. The van der Waals surface area contributed by atoms with Gasteiger partial charge in [0.15, 0.2) is 0 Å². The fourth-order valence-electron chi connectivity index (χ4n) is 3.95. The van der Waals surface area contributed by atoms with Crippen LogP contribution >= 0.6 is 22.7 Å². The molecule has 5 rings (SSSR count). The smallest absolute Gasteiger partial charge is 0.242 e. The number of hydrogen-bond donors (Lipinski definition) is 3. The molecule has 2 aliphatic heterocycles. The molecular weight excluding hydrogens is 390 g/mol. The topological polar surface area (TPSA) is 64.6 Å². The van der Waals surface area contributed by atoms with E-state index in [0.717, 1.165) is 42.4 Å². The standard InChI is InChI=1S/C21H23N3O2S2/c25-20(15-5-3-9-22-15)23-19-8-7-17(28-19)21(26)24-11-14(12-24)18-10-13-4-1-2-6-16(13)27-18/h1-2,4,6-8,10,14-15,21-22,26H,3,5,9,11-12H2,(H,23,25)/t15-,21?/m0/s1. The number of benzene rings is 1. The van der Waals surface area contributed by atoms with Crippen molar-refractivity contribution in [2.24, 2.45) is 0 Å². The highest BCUT2D eigenvalue weighted by atomic mass is 32.1. The van der Waals surface area contributed by atoms with Crippen LogP contribution in [0.1, 0.15) is 34.7 Å². The Morgan fingerprint density at radius 3 is 2.86 bits per heavy atom. The van der Waals surface area contributed by atoms with Gasteiger partial charge in [-0.1, -0.05) is 18.2 Å². The molecular formula is C21H23N3O2S2. The molecule has 5 nitrogen and oxygen atoms in total. The monoisotopic (exact) mass is 413 g/mol. The molecule has 3 N–H and O–H groups in total. The minimum atomic E-state index is -0.606. The summed E-state index contributed by atoms with van der Waals surface area (Å²) < 4.78 is 1.33. The Bertz CT molecular complexity index is 953. The van der Waals surface area contributed by atoms with Crippen molar-refractivity contribution in [2.75, 3.05) is 25.0 Å². The summed E-state index contributed by atoms with van der Waals surface area (Å²) in [4.78, 5) is 16.6. The normalized spacial score (nSPS) is 21.7. The Morgan fingerprint density at radius 2 is 2.07 bits per heavy atom. The summed E-state index contributed by atoms with van der Waals surface area (Å²) in [5.74, 6) is 0.508. The second-order valence-electron chi connectivity index (χ2n) is 7.55. The molecule has 4 heterocycles. The molecule has 2 aliphatic rings. The number of hydrogen-bond acceptors (Lipinski definition) is 6. The fourth-order valence-corrected chi connectivity index (χ4v) is 6.03. The molecule has 2 atom stereocenters. The van der Waals surface area contributed by atoms with Crippen LogP contribution in [0.3, 0.4) is 0 Å². The van der Waals surface area contributed by atoms with Gasteiger partial charge >= 0.3 is 0 Å². The van der Waals surface area contributed by atoms with Crippen LogP contribution < -0.4 is 10.6 Å². The van der Waals surface area contributed by atoms with E-state index in [4.69, 9.17) is 0 Å². The summed E-state index contributed by atoms with van der Waals surface area (Å²) in [5, 5.41) is 19.0. The van der Waals surface area contributed by atoms with E-state index < -0.39 is 6.23 Å². The highest BCUT2D eigenvalue weighted by Crippen LogP contribution is 2.40. The third-order valence-corrected chi connectivity index (χ3v) is 7.93. The van der Waals surface area contributed by atoms with Crippen LogP contribution in [0.15, 0.2) is 42.5 Å². The fraction of sp³-hybridized carbons (Fsp3) is 0.381. The van der Waals surface area contributed by atoms with Gasteiger partial charge in [0.05, 0.1) is 15.9 Å². The molecule has 28 heavy (non-hydrogen) atoms. The van der Waals surface area contributed by atoms with Crippen LogP contribution in [0, 0.1) is 0 Å². The van der Waals surface area contributed by atoms with Crippen LogP contribution in [0.25, 0.3) is 10.1 Å². The summed E-state index contributed by atoms with van der Waals surface area (Å²) in [7, 11) is 0. The minimum absolute atomic E-state index is 0.0224. The number of likely N-dealkylation sites (tertiary alicyclic amines) is 1. The zero-order valence-corrected chi connectivity index (χ0v) is 17.1. The van der Waals surface area contributed by atoms with Crippen LogP contribution in [-0.4, -0.2) is 41.6 Å². The summed E-state index contributed by atoms with van der Waals surface area (Å²) in [5.41, 5.74) is 0. The molecule has 2 fully saturated rings. The summed E-state index contributed by atoms with van der Waals surface area (Å²) in [6.45, 7) is 2.63. The highest BCUT2D eigenvalue weighted by molar-refractivity contribution is 7.19. The number of carbonyl (C=O) groups is 1. The quantitative estimate of drug-likeness (QED) is 0.596. The van der Waals surface area contributed by atoms with E-state index in [1.807, 2.05) is 23.5 Å². The molecule has 146 valence electrons. The molecule has 2 aromatic heterocycles. The van der Waals surface area contributed by atoms with Crippen molar-refractivity contribution in [1.29, 1.82) is 0 Å². The Hall–Kier alpha value is -1.77. The molecule has 0 aliphatic carbocycles. The van der Waals surface area contributed by atoms with E-state index in [-0.39, 0.29) is 11.9 Å². The highest BCUT2D eigenvalue weighted by Gasteiger charge is 2.34. The number of thiophene rings is 2. The largest absolute Gasteiger partial charge is 0.373 e. The number of aliphatic hydroxyl groups excluding tert-OH is 1. The first kappa shape index (κ1) is 18.3. The Balaban J connectivity index is 1.19. The summed E-state index contributed by atoms with van der Waals surface area (Å²) in [6.07, 6.45) is 1.33. The maximum atomic E-state index is 12.2.